The van der Waals surface area contributed by atoms with Crippen LogP contribution in [0.1, 0.15) is 16.3 Å². The number of nitrogens with one attached hydrogen (secondary N) is 2. The summed E-state index contributed by atoms with van der Waals surface area (Å²) >= 11 is 0. The Labute approximate surface area is 127 Å². The Morgan fingerprint density at radius 2 is 1.77 bits per heavy atom. The molecule has 0 aliphatic heterocycles. The van der Waals surface area contributed by atoms with Gasteiger partial charge in [-0.25, -0.2) is 4.98 Å². The summed E-state index contributed by atoms with van der Waals surface area (Å²) in [6.07, 6.45) is 4.83. The fourth-order valence-electron chi connectivity index (χ4n) is 1.88. The van der Waals surface area contributed by atoms with Crippen LogP contribution in [0.4, 0.5) is 5.69 Å². The van der Waals surface area contributed by atoms with Gasteiger partial charge in [-0.15, -0.1) is 0 Å². The average Bonchev–Trinajstić information content (AvgIpc) is 2.97. The lowest BCUT2D eigenvalue weighted by Gasteiger charge is -2.07. The Morgan fingerprint density at radius 1 is 1.09 bits per heavy atom. The summed E-state index contributed by atoms with van der Waals surface area (Å²) in [7, 11) is 0. The molecule has 0 radical (unpaired) electrons. The van der Waals surface area contributed by atoms with Gasteiger partial charge in [0.25, 0.3) is 5.91 Å². The maximum Gasteiger partial charge on any atom is 0.273 e. The summed E-state index contributed by atoms with van der Waals surface area (Å²) in [6, 6.07) is 10.7. The monoisotopic (exact) mass is 294 g/mol. The number of H-pyrrole nitrogens is 1. The molecule has 0 aliphatic carbocycles. The van der Waals surface area contributed by atoms with E-state index in [2.05, 4.69) is 20.3 Å². The number of anilines is 1. The van der Waals surface area contributed by atoms with Crippen molar-refractivity contribution in [2.45, 2.75) is 6.92 Å². The minimum absolute atomic E-state index is 0.233. The molecule has 1 amide bonds. The number of hydrogen-bond donors (Lipinski definition) is 2. The molecule has 6 heteroatoms. The minimum Gasteiger partial charge on any atom is -0.457 e. The van der Waals surface area contributed by atoms with Crippen molar-refractivity contribution in [1.82, 2.24) is 15.0 Å². The van der Waals surface area contributed by atoms with Crippen LogP contribution in [0.3, 0.4) is 0 Å². The summed E-state index contributed by atoms with van der Waals surface area (Å²) in [6.45, 7) is 1.79. The SMILES string of the molecule is Cc1ncc(C(=O)Nc2ccc(Oc3ccncc3)cc2)[nH]1. The molecule has 0 saturated carbocycles. The van der Waals surface area contributed by atoms with E-state index in [1.807, 2.05) is 0 Å². The molecule has 0 saturated heterocycles. The Morgan fingerprint density at radius 3 is 2.41 bits per heavy atom. The molecular formula is C16H14N4O2. The van der Waals surface area contributed by atoms with Gasteiger partial charge in [-0.2, -0.15) is 0 Å². The number of carbonyl (C=O) groups is 1. The second kappa shape index (κ2) is 6.09. The van der Waals surface area contributed by atoms with E-state index in [0.29, 0.717) is 28.7 Å². The van der Waals surface area contributed by atoms with Crippen LogP contribution in [0.2, 0.25) is 0 Å². The van der Waals surface area contributed by atoms with Gasteiger partial charge in [0.15, 0.2) is 0 Å². The first-order valence-corrected chi connectivity index (χ1v) is 6.71. The fraction of sp³-hybridized carbons (Fsp3) is 0.0625. The standard InChI is InChI=1S/C16H14N4O2/c1-11-18-10-15(19-11)16(21)20-12-2-4-13(5-3-12)22-14-6-8-17-9-7-14/h2-10H,1H3,(H,18,19)(H,20,21). The first kappa shape index (κ1) is 13.8. The van der Waals surface area contributed by atoms with E-state index in [1.54, 1.807) is 55.7 Å². The molecule has 3 rings (SSSR count). The van der Waals surface area contributed by atoms with E-state index < -0.39 is 0 Å². The predicted molar refractivity (Wildman–Crippen MR) is 82.0 cm³/mol. The largest absolute Gasteiger partial charge is 0.457 e. The number of imidazole rings is 1. The molecule has 1 aromatic carbocycles. The molecule has 2 N–H and O–H groups in total. The molecule has 0 atom stereocenters. The summed E-state index contributed by atoms with van der Waals surface area (Å²) in [5, 5.41) is 2.79. The third-order valence-corrected chi connectivity index (χ3v) is 2.95. The van der Waals surface area contributed by atoms with Crippen molar-refractivity contribution in [2.75, 3.05) is 5.32 Å². The first-order chi connectivity index (χ1) is 10.7. The number of hydrogen-bond acceptors (Lipinski definition) is 4. The first-order valence-electron chi connectivity index (χ1n) is 6.71. The van der Waals surface area contributed by atoms with E-state index in [4.69, 9.17) is 4.74 Å². The highest BCUT2D eigenvalue weighted by Gasteiger charge is 2.08. The zero-order chi connectivity index (χ0) is 15.4. The quantitative estimate of drug-likeness (QED) is 0.774. The molecule has 22 heavy (non-hydrogen) atoms. The number of nitrogens with zero attached hydrogens (tertiary/aromatic N) is 2. The number of amides is 1. The number of benzene rings is 1. The second-order valence-corrected chi connectivity index (χ2v) is 4.65. The van der Waals surface area contributed by atoms with Crippen molar-refractivity contribution >= 4 is 11.6 Å². The van der Waals surface area contributed by atoms with E-state index in [1.165, 1.54) is 6.20 Å². The van der Waals surface area contributed by atoms with Crippen LogP contribution in [0.5, 0.6) is 11.5 Å². The maximum absolute atomic E-state index is 12.0. The number of carbonyl (C=O) groups excluding carboxylic acids is 1. The van der Waals surface area contributed by atoms with Crippen molar-refractivity contribution < 1.29 is 9.53 Å². The topological polar surface area (TPSA) is 79.9 Å². The molecule has 0 fully saturated rings. The zero-order valence-corrected chi connectivity index (χ0v) is 11.9. The van der Waals surface area contributed by atoms with Gasteiger partial charge in [0.2, 0.25) is 0 Å². The van der Waals surface area contributed by atoms with Gasteiger partial charge in [-0.05, 0) is 43.3 Å². The molecule has 0 bridgehead atoms. The molecule has 110 valence electrons. The smallest absolute Gasteiger partial charge is 0.273 e. The number of aryl methyl sites for hydroxylation is 1. The number of rotatable bonds is 4. The van der Waals surface area contributed by atoms with Gasteiger partial charge < -0.3 is 15.0 Å². The molecule has 2 aromatic heterocycles. The molecule has 3 aromatic rings. The van der Waals surface area contributed by atoms with Gasteiger partial charge in [0.05, 0.1) is 6.20 Å². The highest BCUT2D eigenvalue weighted by Crippen LogP contribution is 2.22. The van der Waals surface area contributed by atoms with Gasteiger partial charge in [0.1, 0.15) is 23.0 Å². The van der Waals surface area contributed by atoms with Crippen LogP contribution in [-0.4, -0.2) is 20.9 Å². The van der Waals surface area contributed by atoms with Gasteiger partial charge in [0, 0.05) is 18.1 Å². The third-order valence-electron chi connectivity index (χ3n) is 2.95. The molecule has 0 unspecified atom stereocenters. The van der Waals surface area contributed by atoms with Crippen molar-refractivity contribution in [3.63, 3.8) is 0 Å². The number of pyridine rings is 1. The van der Waals surface area contributed by atoms with E-state index >= 15 is 0 Å². The highest BCUT2D eigenvalue weighted by molar-refractivity contribution is 6.02. The fourth-order valence-corrected chi connectivity index (χ4v) is 1.88. The van der Waals surface area contributed by atoms with Crippen molar-refractivity contribution in [2.24, 2.45) is 0 Å². The normalized spacial score (nSPS) is 10.2. The Balaban J connectivity index is 1.65. The van der Waals surface area contributed by atoms with E-state index in [0.717, 1.165) is 0 Å². The summed E-state index contributed by atoms with van der Waals surface area (Å²) in [5.74, 6) is 1.86. The molecule has 6 nitrogen and oxygen atoms in total. The van der Waals surface area contributed by atoms with Crippen molar-refractivity contribution in [3.05, 3.63) is 66.5 Å². The predicted octanol–water partition coefficient (Wildman–Crippen LogP) is 3.16. The average molecular weight is 294 g/mol. The Kier molecular flexibility index (Phi) is 3.82. The van der Waals surface area contributed by atoms with Crippen molar-refractivity contribution in [3.8, 4) is 11.5 Å². The lowest BCUT2D eigenvalue weighted by atomic mass is 10.3. The summed E-state index contributed by atoms with van der Waals surface area (Å²) < 4.78 is 5.66. The number of aromatic amines is 1. The summed E-state index contributed by atoms with van der Waals surface area (Å²) in [5.41, 5.74) is 1.11. The third kappa shape index (κ3) is 3.29. The van der Waals surface area contributed by atoms with Crippen LogP contribution in [0, 0.1) is 6.92 Å². The number of aromatic nitrogens is 3. The Bertz CT molecular complexity index is 766. The van der Waals surface area contributed by atoms with E-state index in [-0.39, 0.29) is 5.91 Å². The van der Waals surface area contributed by atoms with Crippen LogP contribution in [0.25, 0.3) is 0 Å². The molecule has 2 heterocycles. The number of ether oxygens (including phenoxy) is 1. The zero-order valence-electron chi connectivity index (χ0n) is 11.9. The van der Waals surface area contributed by atoms with E-state index in [9.17, 15) is 4.79 Å². The van der Waals surface area contributed by atoms with Crippen LogP contribution < -0.4 is 10.1 Å². The van der Waals surface area contributed by atoms with Crippen LogP contribution in [0.15, 0.2) is 55.0 Å². The van der Waals surface area contributed by atoms with Crippen molar-refractivity contribution in [1.29, 1.82) is 0 Å². The highest BCUT2D eigenvalue weighted by atomic mass is 16.5. The lowest BCUT2D eigenvalue weighted by molar-refractivity contribution is 0.102. The van der Waals surface area contributed by atoms with Crippen LogP contribution >= 0.6 is 0 Å². The van der Waals surface area contributed by atoms with Gasteiger partial charge in [-0.1, -0.05) is 0 Å². The van der Waals surface area contributed by atoms with Gasteiger partial charge in [-0.3, -0.25) is 9.78 Å². The van der Waals surface area contributed by atoms with Crippen LogP contribution in [-0.2, 0) is 0 Å². The molecule has 0 spiro atoms. The molecular weight excluding hydrogens is 280 g/mol. The summed E-state index contributed by atoms with van der Waals surface area (Å²) in [4.78, 5) is 22.8. The van der Waals surface area contributed by atoms with Gasteiger partial charge >= 0.3 is 0 Å². The lowest BCUT2D eigenvalue weighted by Crippen LogP contribution is -2.12. The minimum atomic E-state index is -0.233. The maximum atomic E-state index is 12.0. The molecule has 0 aliphatic rings. The second-order valence-electron chi connectivity index (χ2n) is 4.65. The Hall–Kier alpha value is -3.15.